The summed E-state index contributed by atoms with van der Waals surface area (Å²) in [6.45, 7) is 3.06. The van der Waals surface area contributed by atoms with Gasteiger partial charge in [0.2, 0.25) is 0 Å². The molecular weight excluding hydrogens is 186 g/mol. The van der Waals surface area contributed by atoms with Crippen molar-refractivity contribution in [3.8, 4) is 0 Å². The Morgan fingerprint density at radius 1 is 1.33 bits per heavy atom. The van der Waals surface area contributed by atoms with Crippen LogP contribution in [-0.2, 0) is 4.74 Å². The number of hydrogen-bond acceptors (Lipinski definition) is 2. The number of ether oxygens (including phenoxy) is 1. The molecule has 0 bridgehead atoms. The van der Waals surface area contributed by atoms with Gasteiger partial charge in [-0.3, -0.25) is 0 Å². The van der Waals surface area contributed by atoms with Gasteiger partial charge in [0.25, 0.3) is 0 Å². The summed E-state index contributed by atoms with van der Waals surface area (Å²) < 4.78 is 5.83. The first-order valence-corrected chi connectivity index (χ1v) is 6.31. The van der Waals surface area contributed by atoms with Crippen LogP contribution in [0, 0.1) is 0 Å². The molecule has 2 N–H and O–H groups in total. The molecule has 1 fully saturated rings. The minimum atomic E-state index is -0.0871. The molecule has 0 aromatic rings. The standard InChI is InChI=1S/C13H23NO/c1-13(9-6-10-15-13)12(14)11-7-4-2-3-5-8-11/h7,12H,2-6,8-10,14H2,1H3. The topological polar surface area (TPSA) is 35.2 Å². The first-order valence-electron chi connectivity index (χ1n) is 6.31. The van der Waals surface area contributed by atoms with Crippen LogP contribution < -0.4 is 5.73 Å². The maximum atomic E-state index is 6.36. The van der Waals surface area contributed by atoms with Gasteiger partial charge in [0.15, 0.2) is 0 Å². The van der Waals surface area contributed by atoms with Crippen molar-refractivity contribution in [1.82, 2.24) is 0 Å². The third-order valence-electron chi connectivity index (χ3n) is 3.88. The summed E-state index contributed by atoms with van der Waals surface area (Å²) in [6, 6.07) is 0.123. The number of rotatable bonds is 2. The number of allylic oxidation sites excluding steroid dienone is 1. The summed E-state index contributed by atoms with van der Waals surface area (Å²) >= 11 is 0. The van der Waals surface area contributed by atoms with Crippen LogP contribution in [0.2, 0.25) is 0 Å². The Kier molecular flexibility index (Phi) is 3.47. The van der Waals surface area contributed by atoms with Crippen LogP contribution in [0.25, 0.3) is 0 Å². The van der Waals surface area contributed by atoms with E-state index in [0.717, 1.165) is 19.4 Å². The zero-order valence-corrected chi connectivity index (χ0v) is 9.80. The van der Waals surface area contributed by atoms with Crippen LogP contribution in [0.3, 0.4) is 0 Å². The minimum absolute atomic E-state index is 0.0871. The Morgan fingerprint density at radius 3 is 2.93 bits per heavy atom. The SMILES string of the molecule is CC1(C(N)C2=CCCCCC2)CCCO1. The molecule has 86 valence electrons. The third-order valence-corrected chi connectivity index (χ3v) is 3.88. The highest BCUT2D eigenvalue weighted by atomic mass is 16.5. The van der Waals surface area contributed by atoms with Gasteiger partial charge in [0, 0.05) is 6.61 Å². The van der Waals surface area contributed by atoms with Gasteiger partial charge < -0.3 is 10.5 Å². The van der Waals surface area contributed by atoms with E-state index in [1.165, 1.54) is 37.7 Å². The van der Waals surface area contributed by atoms with E-state index in [0.29, 0.717) is 0 Å². The van der Waals surface area contributed by atoms with Gasteiger partial charge in [0.1, 0.15) is 0 Å². The summed E-state index contributed by atoms with van der Waals surface area (Å²) in [4.78, 5) is 0. The zero-order chi connectivity index (χ0) is 10.7. The van der Waals surface area contributed by atoms with Gasteiger partial charge in [-0.2, -0.15) is 0 Å². The second-order valence-corrected chi connectivity index (χ2v) is 5.12. The smallest absolute Gasteiger partial charge is 0.0843 e. The van der Waals surface area contributed by atoms with Crippen LogP contribution in [0.4, 0.5) is 0 Å². The maximum absolute atomic E-state index is 6.36. The molecule has 15 heavy (non-hydrogen) atoms. The third kappa shape index (κ3) is 2.43. The van der Waals surface area contributed by atoms with Crippen molar-refractivity contribution < 1.29 is 4.74 Å². The lowest BCUT2D eigenvalue weighted by atomic mass is 9.86. The molecule has 2 heteroatoms. The van der Waals surface area contributed by atoms with Crippen molar-refractivity contribution in [2.75, 3.05) is 6.61 Å². The molecule has 0 amide bonds. The normalized spacial score (nSPS) is 34.7. The van der Waals surface area contributed by atoms with E-state index in [1.807, 2.05) is 0 Å². The average Bonchev–Trinajstić information content (AvgIpc) is 2.54. The molecular formula is C13H23NO. The molecule has 0 spiro atoms. The predicted molar refractivity (Wildman–Crippen MR) is 62.7 cm³/mol. The van der Waals surface area contributed by atoms with Gasteiger partial charge in [-0.05, 0) is 45.4 Å². The monoisotopic (exact) mass is 209 g/mol. The van der Waals surface area contributed by atoms with Crippen molar-refractivity contribution in [1.29, 1.82) is 0 Å². The Morgan fingerprint density at radius 2 is 2.20 bits per heavy atom. The van der Waals surface area contributed by atoms with Crippen LogP contribution >= 0.6 is 0 Å². The van der Waals surface area contributed by atoms with E-state index in [1.54, 1.807) is 0 Å². The van der Waals surface area contributed by atoms with E-state index in [4.69, 9.17) is 10.5 Å². The van der Waals surface area contributed by atoms with Crippen molar-refractivity contribution in [2.24, 2.45) is 5.73 Å². The fourth-order valence-electron chi connectivity index (χ4n) is 2.76. The predicted octanol–water partition coefficient (Wildman–Crippen LogP) is 2.77. The molecule has 0 radical (unpaired) electrons. The fraction of sp³-hybridized carbons (Fsp3) is 0.846. The highest BCUT2D eigenvalue weighted by Crippen LogP contribution is 2.33. The summed E-state index contributed by atoms with van der Waals surface area (Å²) in [5.74, 6) is 0. The molecule has 2 unspecified atom stereocenters. The molecule has 1 aliphatic carbocycles. The van der Waals surface area contributed by atoms with E-state index >= 15 is 0 Å². The lowest BCUT2D eigenvalue weighted by Gasteiger charge is -2.32. The number of nitrogens with two attached hydrogens (primary N) is 1. The van der Waals surface area contributed by atoms with Gasteiger partial charge in [-0.15, -0.1) is 0 Å². The average molecular weight is 209 g/mol. The van der Waals surface area contributed by atoms with Gasteiger partial charge in [0.05, 0.1) is 11.6 Å². The van der Waals surface area contributed by atoms with Crippen LogP contribution in [0.15, 0.2) is 11.6 Å². The lowest BCUT2D eigenvalue weighted by molar-refractivity contribution is 0.00705. The Balaban J connectivity index is 2.04. The first-order chi connectivity index (χ1) is 7.22. The second kappa shape index (κ2) is 4.67. The molecule has 2 atom stereocenters. The van der Waals surface area contributed by atoms with E-state index in [-0.39, 0.29) is 11.6 Å². The Bertz CT molecular complexity index is 241. The van der Waals surface area contributed by atoms with Crippen LogP contribution in [0.5, 0.6) is 0 Å². The number of hydrogen-bond donors (Lipinski definition) is 1. The quantitative estimate of drug-likeness (QED) is 0.710. The van der Waals surface area contributed by atoms with E-state index in [9.17, 15) is 0 Å². The van der Waals surface area contributed by atoms with Gasteiger partial charge in [-0.25, -0.2) is 0 Å². The maximum Gasteiger partial charge on any atom is 0.0843 e. The molecule has 0 aromatic carbocycles. The largest absolute Gasteiger partial charge is 0.373 e. The molecule has 0 saturated carbocycles. The summed E-state index contributed by atoms with van der Waals surface area (Å²) in [5.41, 5.74) is 7.72. The highest BCUT2D eigenvalue weighted by molar-refractivity contribution is 5.17. The first kappa shape index (κ1) is 11.2. The molecule has 2 aliphatic rings. The molecule has 2 rings (SSSR count). The summed E-state index contributed by atoms with van der Waals surface area (Å²) in [5, 5.41) is 0. The molecule has 1 aliphatic heterocycles. The van der Waals surface area contributed by atoms with Crippen LogP contribution in [0.1, 0.15) is 51.9 Å². The highest BCUT2D eigenvalue weighted by Gasteiger charge is 2.37. The van der Waals surface area contributed by atoms with Crippen molar-refractivity contribution in [2.45, 2.75) is 63.5 Å². The van der Waals surface area contributed by atoms with Gasteiger partial charge in [-0.1, -0.05) is 18.1 Å². The zero-order valence-electron chi connectivity index (χ0n) is 9.80. The van der Waals surface area contributed by atoms with Crippen molar-refractivity contribution in [3.63, 3.8) is 0 Å². The Hall–Kier alpha value is -0.340. The lowest BCUT2D eigenvalue weighted by Crippen LogP contribution is -2.46. The molecule has 1 heterocycles. The minimum Gasteiger partial charge on any atom is -0.373 e. The second-order valence-electron chi connectivity index (χ2n) is 5.12. The van der Waals surface area contributed by atoms with Gasteiger partial charge >= 0.3 is 0 Å². The summed E-state index contributed by atoms with van der Waals surface area (Å²) in [7, 11) is 0. The Labute approximate surface area is 92.9 Å². The van der Waals surface area contributed by atoms with Crippen molar-refractivity contribution in [3.05, 3.63) is 11.6 Å². The molecule has 1 saturated heterocycles. The van der Waals surface area contributed by atoms with Crippen LogP contribution in [-0.4, -0.2) is 18.2 Å². The molecule has 2 nitrogen and oxygen atoms in total. The fourth-order valence-corrected chi connectivity index (χ4v) is 2.76. The van der Waals surface area contributed by atoms with Crippen molar-refractivity contribution >= 4 is 0 Å². The summed E-state index contributed by atoms with van der Waals surface area (Å²) in [6.07, 6.45) is 11.0. The van der Waals surface area contributed by atoms with E-state index in [2.05, 4.69) is 13.0 Å². The van der Waals surface area contributed by atoms with E-state index < -0.39 is 0 Å². The molecule has 0 aromatic heterocycles.